The van der Waals surface area contributed by atoms with Crippen molar-refractivity contribution < 1.29 is 26.4 Å². The molecule has 202 valence electrons. The maximum absolute atomic E-state index is 12.7. The zero-order valence-electron chi connectivity index (χ0n) is 21.3. The molecule has 3 aromatic carbocycles. The maximum Gasteiger partial charge on any atom is 0.261 e. The molecule has 1 fully saturated rings. The fourth-order valence-electron chi connectivity index (χ4n) is 3.99. The average molecular weight is 558 g/mol. The number of hydrogen-bond acceptors (Lipinski definition) is 6. The Labute approximate surface area is 223 Å². The highest BCUT2D eigenvalue weighted by Gasteiger charge is 2.26. The normalized spacial score (nSPS) is 14.3. The molecule has 9 nitrogen and oxygen atoms in total. The minimum atomic E-state index is -3.77. The number of sulfonamides is 2. The molecule has 0 aromatic heterocycles. The van der Waals surface area contributed by atoms with E-state index < -0.39 is 20.0 Å². The second-order valence-corrected chi connectivity index (χ2v) is 12.8. The Morgan fingerprint density at radius 3 is 2.11 bits per heavy atom. The molecule has 3 aromatic rings. The summed E-state index contributed by atoms with van der Waals surface area (Å²) in [4.78, 5) is 12.5. The van der Waals surface area contributed by atoms with Crippen LogP contribution in [0.5, 0.6) is 5.75 Å². The van der Waals surface area contributed by atoms with Crippen LogP contribution in [0.3, 0.4) is 0 Å². The van der Waals surface area contributed by atoms with Crippen LogP contribution in [0.2, 0.25) is 0 Å². The SMILES string of the molecule is Cc1ccc(NS(=O)(=O)c2ccc(OCC(=O)NCc3ccc(S(=O)(=O)N4CCCC4)cc3)cc2)cc1C. The Balaban J connectivity index is 1.26. The van der Waals surface area contributed by atoms with Gasteiger partial charge in [0, 0.05) is 25.3 Å². The number of rotatable bonds is 10. The smallest absolute Gasteiger partial charge is 0.261 e. The van der Waals surface area contributed by atoms with Crippen LogP contribution < -0.4 is 14.8 Å². The minimum Gasteiger partial charge on any atom is -0.484 e. The largest absolute Gasteiger partial charge is 0.484 e. The van der Waals surface area contributed by atoms with E-state index in [4.69, 9.17) is 4.74 Å². The molecule has 4 rings (SSSR count). The van der Waals surface area contributed by atoms with Gasteiger partial charge in [0.25, 0.3) is 15.9 Å². The summed E-state index contributed by atoms with van der Waals surface area (Å²) >= 11 is 0. The van der Waals surface area contributed by atoms with Crippen LogP contribution in [0, 0.1) is 13.8 Å². The first kappa shape index (κ1) is 27.6. The summed E-state index contributed by atoms with van der Waals surface area (Å²) in [5.41, 5.74) is 3.28. The molecule has 1 amide bonds. The first-order valence-corrected chi connectivity index (χ1v) is 15.2. The molecular weight excluding hydrogens is 526 g/mol. The number of benzene rings is 3. The first-order valence-electron chi connectivity index (χ1n) is 12.2. The van der Waals surface area contributed by atoms with Crippen molar-refractivity contribution in [3.05, 3.63) is 83.4 Å². The van der Waals surface area contributed by atoms with E-state index in [0.29, 0.717) is 24.5 Å². The third-order valence-corrected chi connectivity index (χ3v) is 9.69. The van der Waals surface area contributed by atoms with Crippen LogP contribution in [0.15, 0.2) is 76.5 Å². The second kappa shape index (κ2) is 11.5. The average Bonchev–Trinajstić information content (AvgIpc) is 3.45. The summed E-state index contributed by atoms with van der Waals surface area (Å²) < 4.78 is 60.1. The van der Waals surface area contributed by atoms with Crippen molar-refractivity contribution >= 4 is 31.6 Å². The van der Waals surface area contributed by atoms with E-state index in [1.165, 1.54) is 28.6 Å². The molecule has 0 unspecified atom stereocenters. The molecule has 1 aliphatic rings. The van der Waals surface area contributed by atoms with Gasteiger partial charge in [-0.05, 0) is 91.9 Å². The minimum absolute atomic E-state index is 0.0720. The summed E-state index contributed by atoms with van der Waals surface area (Å²) in [6, 6.07) is 17.6. The van der Waals surface area contributed by atoms with E-state index in [0.717, 1.165) is 29.5 Å². The molecule has 0 aliphatic carbocycles. The van der Waals surface area contributed by atoms with E-state index in [2.05, 4.69) is 10.0 Å². The molecule has 0 spiro atoms. The molecule has 1 saturated heterocycles. The van der Waals surface area contributed by atoms with Crippen molar-refractivity contribution in [2.24, 2.45) is 0 Å². The van der Waals surface area contributed by atoms with Crippen molar-refractivity contribution in [1.82, 2.24) is 9.62 Å². The van der Waals surface area contributed by atoms with Crippen LogP contribution in [-0.2, 0) is 31.4 Å². The molecule has 0 saturated carbocycles. The predicted molar refractivity (Wildman–Crippen MR) is 145 cm³/mol. The van der Waals surface area contributed by atoms with Gasteiger partial charge in [0.15, 0.2) is 6.61 Å². The number of carbonyl (C=O) groups is 1. The lowest BCUT2D eigenvalue weighted by Gasteiger charge is -2.15. The van der Waals surface area contributed by atoms with Gasteiger partial charge in [-0.25, -0.2) is 16.8 Å². The van der Waals surface area contributed by atoms with Gasteiger partial charge in [0.2, 0.25) is 10.0 Å². The summed E-state index contributed by atoms with van der Waals surface area (Å²) in [6.45, 7) is 4.91. The number of anilines is 1. The first-order chi connectivity index (χ1) is 18.0. The number of carbonyl (C=O) groups excluding carboxylic acids is 1. The Hall–Kier alpha value is -3.41. The van der Waals surface area contributed by atoms with Crippen molar-refractivity contribution in [2.75, 3.05) is 24.4 Å². The molecule has 11 heteroatoms. The fourth-order valence-corrected chi connectivity index (χ4v) is 6.56. The molecule has 0 bridgehead atoms. The highest BCUT2D eigenvalue weighted by Crippen LogP contribution is 2.22. The van der Waals surface area contributed by atoms with E-state index in [-0.39, 0.29) is 28.8 Å². The highest BCUT2D eigenvalue weighted by molar-refractivity contribution is 7.92. The Bertz CT molecular complexity index is 1500. The topological polar surface area (TPSA) is 122 Å². The molecule has 1 heterocycles. The number of ether oxygens (including phenoxy) is 1. The summed E-state index contributed by atoms with van der Waals surface area (Å²) in [5.74, 6) is -0.0198. The van der Waals surface area contributed by atoms with Crippen LogP contribution in [0.25, 0.3) is 0 Å². The number of nitrogens with zero attached hydrogens (tertiary/aromatic N) is 1. The van der Waals surface area contributed by atoms with E-state index >= 15 is 0 Å². The van der Waals surface area contributed by atoms with Gasteiger partial charge in [-0.2, -0.15) is 4.31 Å². The Morgan fingerprint density at radius 1 is 0.842 bits per heavy atom. The zero-order valence-corrected chi connectivity index (χ0v) is 22.9. The lowest BCUT2D eigenvalue weighted by atomic mass is 10.1. The lowest BCUT2D eigenvalue weighted by Crippen LogP contribution is -2.29. The molecule has 0 radical (unpaired) electrons. The zero-order chi connectivity index (χ0) is 27.3. The standard InChI is InChI=1S/C27H31N3O6S2/c1-20-5-8-23(17-21(20)2)29-37(32,33)25-13-9-24(10-14-25)36-19-27(31)28-18-22-6-11-26(12-7-22)38(34,35)30-15-3-4-16-30/h5-14,17,29H,3-4,15-16,18-19H2,1-2H3,(H,28,31). The van der Waals surface area contributed by atoms with Gasteiger partial charge in [-0.1, -0.05) is 18.2 Å². The van der Waals surface area contributed by atoms with Gasteiger partial charge in [0.05, 0.1) is 9.79 Å². The quantitative estimate of drug-likeness (QED) is 0.393. The second-order valence-electron chi connectivity index (χ2n) is 9.20. The van der Waals surface area contributed by atoms with Crippen molar-refractivity contribution in [3.63, 3.8) is 0 Å². The predicted octanol–water partition coefficient (Wildman–Crippen LogP) is 3.58. The van der Waals surface area contributed by atoms with Gasteiger partial charge in [-0.3, -0.25) is 9.52 Å². The van der Waals surface area contributed by atoms with Crippen molar-refractivity contribution in [3.8, 4) is 5.75 Å². The van der Waals surface area contributed by atoms with Crippen LogP contribution in [0.1, 0.15) is 29.5 Å². The number of amides is 1. The summed E-state index contributed by atoms with van der Waals surface area (Å²) in [7, 11) is -7.25. The third kappa shape index (κ3) is 6.72. The highest BCUT2D eigenvalue weighted by atomic mass is 32.2. The molecular formula is C27H31N3O6S2. The van der Waals surface area contributed by atoms with Gasteiger partial charge in [-0.15, -0.1) is 0 Å². The van der Waals surface area contributed by atoms with Crippen LogP contribution in [0.4, 0.5) is 5.69 Å². The van der Waals surface area contributed by atoms with Gasteiger partial charge >= 0.3 is 0 Å². The monoisotopic (exact) mass is 557 g/mol. The number of hydrogen-bond donors (Lipinski definition) is 2. The summed E-state index contributed by atoms with van der Waals surface area (Å²) in [5, 5.41) is 2.72. The molecule has 38 heavy (non-hydrogen) atoms. The van der Waals surface area contributed by atoms with E-state index in [9.17, 15) is 21.6 Å². The molecule has 2 N–H and O–H groups in total. The Morgan fingerprint density at radius 2 is 1.47 bits per heavy atom. The fraction of sp³-hybridized carbons (Fsp3) is 0.296. The number of nitrogens with one attached hydrogen (secondary N) is 2. The Kier molecular flexibility index (Phi) is 8.39. The van der Waals surface area contributed by atoms with E-state index in [1.807, 2.05) is 19.9 Å². The van der Waals surface area contributed by atoms with E-state index in [1.54, 1.807) is 36.4 Å². The summed E-state index contributed by atoms with van der Waals surface area (Å²) in [6.07, 6.45) is 1.75. The maximum atomic E-state index is 12.7. The van der Waals surface area contributed by atoms with Crippen molar-refractivity contribution in [2.45, 2.75) is 43.0 Å². The van der Waals surface area contributed by atoms with Crippen LogP contribution in [-0.4, -0.2) is 46.7 Å². The van der Waals surface area contributed by atoms with Gasteiger partial charge in [0.1, 0.15) is 5.75 Å². The van der Waals surface area contributed by atoms with Crippen LogP contribution >= 0.6 is 0 Å². The third-order valence-electron chi connectivity index (χ3n) is 6.38. The number of aryl methyl sites for hydroxylation is 2. The molecule has 0 atom stereocenters. The lowest BCUT2D eigenvalue weighted by molar-refractivity contribution is -0.123. The van der Waals surface area contributed by atoms with Gasteiger partial charge < -0.3 is 10.1 Å². The van der Waals surface area contributed by atoms with Crippen molar-refractivity contribution in [1.29, 1.82) is 0 Å². The molecule has 1 aliphatic heterocycles.